The van der Waals surface area contributed by atoms with Crippen LogP contribution in [0, 0.1) is 0 Å². The lowest BCUT2D eigenvalue weighted by Crippen LogP contribution is -2.37. The molecule has 0 heterocycles. The predicted octanol–water partition coefficient (Wildman–Crippen LogP) is 17.5. The molecule has 0 amide bonds. The number of unbranched alkanes of at least 4 members (excludes halogenated alkanes) is 39. The van der Waals surface area contributed by atoms with Crippen LogP contribution in [-0.2, 0) is 27.9 Å². The van der Waals surface area contributed by atoms with Gasteiger partial charge < -0.3 is 27.9 Å². The molecule has 0 aromatic carbocycles. The molecule has 0 aliphatic heterocycles. The Morgan fingerprint density at radius 3 is 1.15 bits per heavy atom. The molecular formula is C57H114NO7P. The highest BCUT2D eigenvalue weighted by Gasteiger charge is 2.20. The van der Waals surface area contributed by atoms with E-state index in [1.807, 2.05) is 21.1 Å². The summed E-state index contributed by atoms with van der Waals surface area (Å²) >= 11 is 0. The Kier molecular flexibility index (Phi) is 50.0. The van der Waals surface area contributed by atoms with Gasteiger partial charge in [0.15, 0.2) is 0 Å². The molecule has 66 heavy (non-hydrogen) atoms. The molecule has 0 N–H and O–H groups in total. The highest BCUT2D eigenvalue weighted by atomic mass is 31.2. The summed E-state index contributed by atoms with van der Waals surface area (Å²) in [4.78, 5) is 25.2. The molecule has 0 fully saturated rings. The molecule has 0 spiro atoms. The second-order valence-electron chi connectivity index (χ2n) is 21.0. The summed E-state index contributed by atoms with van der Waals surface area (Å²) in [5.74, 6) is -0.329. The van der Waals surface area contributed by atoms with Crippen LogP contribution in [0.4, 0.5) is 0 Å². The Morgan fingerprint density at radius 2 is 0.788 bits per heavy atom. The molecule has 0 saturated carbocycles. The van der Waals surface area contributed by atoms with Gasteiger partial charge in [-0.3, -0.25) is 9.36 Å². The van der Waals surface area contributed by atoms with E-state index in [2.05, 4.69) is 26.0 Å². The summed E-state index contributed by atoms with van der Waals surface area (Å²) in [5, 5.41) is 0. The van der Waals surface area contributed by atoms with E-state index in [-0.39, 0.29) is 25.8 Å². The number of carbonyl (C=O) groups is 1. The standard InChI is InChI=1S/C57H114NO7P/c1-6-8-10-12-14-16-18-20-22-24-26-27-28-29-30-31-33-35-37-39-41-43-45-47-49-52-62-54-56(55-64-66(60,61)63-53-51-58(3,4)5)65-57(59)50-48-46-44-42-40-38-36-34-32-25-23-21-19-17-15-13-11-9-7-2/h21,23,56H,6-20,22,24-55H2,1-5H3/b23-21-. The van der Waals surface area contributed by atoms with Gasteiger partial charge in [0, 0.05) is 13.0 Å². The molecular weight excluding hydrogens is 842 g/mol. The van der Waals surface area contributed by atoms with Gasteiger partial charge >= 0.3 is 5.97 Å². The minimum absolute atomic E-state index is 0.0296. The van der Waals surface area contributed by atoms with Gasteiger partial charge in [-0.1, -0.05) is 257 Å². The lowest BCUT2D eigenvalue weighted by Gasteiger charge is -2.28. The molecule has 2 atom stereocenters. The number of hydrogen-bond donors (Lipinski definition) is 0. The number of rotatable bonds is 55. The maximum absolute atomic E-state index is 12.8. The summed E-state index contributed by atoms with van der Waals surface area (Å²) in [6.45, 7) is 5.48. The van der Waals surface area contributed by atoms with Crippen molar-refractivity contribution in [1.29, 1.82) is 0 Å². The van der Waals surface area contributed by atoms with Crippen molar-refractivity contribution in [3.05, 3.63) is 12.2 Å². The van der Waals surface area contributed by atoms with E-state index in [0.717, 1.165) is 32.1 Å². The minimum atomic E-state index is -4.53. The molecule has 8 nitrogen and oxygen atoms in total. The summed E-state index contributed by atoms with van der Waals surface area (Å²) < 4.78 is 34.9. The van der Waals surface area contributed by atoms with Gasteiger partial charge in [-0.25, -0.2) is 0 Å². The topological polar surface area (TPSA) is 94.1 Å². The average molecular weight is 957 g/mol. The second kappa shape index (κ2) is 50.6. The summed E-state index contributed by atoms with van der Waals surface area (Å²) in [6.07, 6.45) is 59.7. The number of carbonyl (C=O) groups excluding carboxylic acids is 1. The van der Waals surface area contributed by atoms with Gasteiger partial charge in [0.05, 0.1) is 34.4 Å². The lowest BCUT2D eigenvalue weighted by molar-refractivity contribution is -0.870. The molecule has 0 aliphatic rings. The number of esters is 1. The van der Waals surface area contributed by atoms with E-state index in [0.29, 0.717) is 24.1 Å². The van der Waals surface area contributed by atoms with Crippen LogP contribution in [0.1, 0.15) is 290 Å². The van der Waals surface area contributed by atoms with Crippen LogP contribution in [0.3, 0.4) is 0 Å². The number of likely N-dealkylation sites (N-methyl/N-ethyl adjacent to an activating group) is 1. The first-order valence-electron chi connectivity index (χ1n) is 28.9. The van der Waals surface area contributed by atoms with Crippen molar-refractivity contribution in [3.8, 4) is 0 Å². The highest BCUT2D eigenvalue weighted by molar-refractivity contribution is 7.45. The second-order valence-corrected chi connectivity index (χ2v) is 22.4. The fourth-order valence-electron chi connectivity index (χ4n) is 8.60. The fourth-order valence-corrected chi connectivity index (χ4v) is 9.33. The summed E-state index contributed by atoms with van der Waals surface area (Å²) in [7, 11) is 1.37. The molecule has 0 aliphatic carbocycles. The van der Waals surface area contributed by atoms with E-state index >= 15 is 0 Å². The van der Waals surface area contributed by atoms with Gasteiger partial charge in [-0.05, 0) is 38.5 Å². The Morgan fingerprint density at radius 1 is 0.455 bits per heavy atom. The highest BCUT2D eigenvalue weighted by Crippen LogP contribution is 2.38. The largest absolute Gasteiger partial charge is 0.756 e. The Labute approximate surface area is 411 Å². The molecule has 0 saturated heterocycles. The molecule has 0 radical (unpaired) electrons. The SMILES string of the molecule is CCCCCCCC/C=C\CCCCCCCCCCCC(=O)OC(COCCCCCCCCCCCCCCCCCCCCCCCCCCC)COP(=O)([O-])OCC[N+](C)(C)C. The molecule has 9 heteroatoms. The third-order valence-corrected chi connectivity index (χ3v) is 14.0. The normalized spacial score (nSPS) is 13.5. The maximum atomic E-state index is 12.8. The molecule has 0 bridgehead atoms. The van der Waals surface area contributed by atoms with Crippen LogP contribution < -0.4 is 4.89 Å². The maximum Gasteiger partial charge on any atom is 0.306 e. The van der Waals surface area contributed by atoms with Crippen LogP contribution >= 0.6 is 7.82 Å². The zero-order chi connectivity index (χ0) is 48.3. The molecule has 0 aromatic heterocycles. The predicted molar refractivity (Wildman–Crippen MR) is 282 cm³/mol. The summed E-state index contributed by atoms with van der Waals surface area (Å²) in [5.41, 5.74) is 0. The first-order chi connectivity index (χ1) is 32.1. The number of allylic oxidation sites excluding steroid dienone is 2. The fraction of sp³-hybridized carbons (Fsp3) is 0.947. The Hall–Kier alpha value is -0.760. The van der Waals surface area contributed by atoms with Crippen LogP contribution in [0.15, 0.2) is 12.2 Å². The Balaban J connectivity index is 4.01. The molecule has 0 rings (SSSR count). The van der Waals surface area contributed by atoms with Crippen molar-refractivity contribution in [1.82, 2.24) is 0 Å². The van der Waals surface area contributed by atoms with Crippen molar-refractivity contribution < 1.29 is 37.3 Å². The first-order valence-corrected chi connectivity index (χ1v) is 30.4. The third-order valence-electron chi connectivity index (χ3n) is 13.1. The van der Waals surface area contributed by atoms with Gasteiger partial charge in [-0.15, -0.1) is 0 Å². The molecule has 394 valence electrons. The van der Waals surface area contributed by atoms with Gasteiger partial charge in [0.2, 0.25) is 0 Å². The van der Waals surface area contributed by atoms with Crippen LogP contribution in [-0.4, -0.2) is 70.7 Å². The zero-order valence-corrected chi connectivity index (χ0v) is 45.8. The van der Waals surface area contributed by atoms with Crippen LogP contribution in [0.5, 0.6) is 0 Å². The first kappa shape index (κ1) is 65.2. The minimum Gasteiger partial charge on any atom is -0.756 e. The van der Waals surface area contributed by atoms with E-state index in [1.54, 1.807) is 0 Å². The van der Waals surface area contributed by atoms with Gasteiger partial charge in [0.1, 0.15) is 19.3 Å². The van der Waals surface area contributed by atoms with Crippen molar-refractivity contribution >= 4 is 13.8 Å². The summed E-state index contributed by atoms with van der Waals surface area (Å²) in [6, 6.07) is 0. The third kappa shape index (κ3) is 54.2. The Bertz CT molecular complexity index is 1070. The number of ether oxygens (including phenoxy) is 2. The van der Waals surface area contributed by atoms with Gasteiger partial charge in [0.25, 0.3) is 7.82 Å². The van der Waals surface area contributed by atoms with E-state index < -0.39 is 13.9 Å². The van der Waals surface area contributed by atoms with Crippen LogP contribution in [0.2, 0.25) is 0 Å². The number of hydrogen-bond acceptors (Lipinski definition) is 7. The monoisotopic (exact) mass is 956 g/mol. The molecule has 0 aromatic rings. The van der Waals surface area contributed by atoms with E-state index in [4.69, 9.17) is 18.5 Å². The average Bonchev–Trinajstić information content (AvgIpc) is 3.28. The van der Waals surface area contributed by atoms with Crippen molar-refractivity contribution in [3.63, 3.8) is 0 Å². The smallest absolute Gasteiger partial charge is 0.306 e. The van der Waals surface area contributed by atoms with Crippen molar-refractivity contribution in [2.24, 2.45) is 0 Å². The zero-order valence-electron chi connectivity index (χ0n) is 44.9. The lowest BCUT2D eigenvalue weighted by atomic mass is 10.0. The number of nitrogens with zero attached hydrogens (tertiary/aromatic N) is 1. The van der Waals surface area contributed by atoms with Crippen LogP contribution in [0.25, 0.3) is 0 Å². The van der Waals surface area contributed by atoms with E-state index in [1.165, 1.54) is 238 Å². The van der Waals surface area contributed by atoms with Crippen molar-refractivity contribution in [2.75, 3.05) is 54.1 Å². The van der Waals surface area contributed by atoms with Crippen molar-refractivity contribution in [2.45, 2.75) is 296 Å². The molecule has 2 unspecified atom stereocenters. The number of phosphoric ester groups is 1. The quantitative estimate of drug-likeness (QED) is 0.0197. The number of quaternary nitrogens is 1. The van der Waals surface area contributed by atoms with Gasteiger partial charge in [-0.2, -0.15) is 0 Å². The van der Waals surface area contributed by atoms with E-state index in [9.17, 15) is 14.3 Å². The number of phosphoric acid groups is 1.